The summed E-state index contributed by atoms with van der Waals surface area (Å²) < 4.78 is 5.41. The zero-order chi connectivity index (χ0) is 28.4. The van der Waals surface area contributed by atoms with E-state index >= 15 is 0 Å². The van der Waals surface area contributed by atoms with Crippen LogP contribution >= 0.6 is 11.8 Å². The average molecular weight is 549 g/mol. The number of nitrogens with one attached hydrogen (secondary N) is 1. The Bertz CT molecular complexity index is 1210. The van der Waals surface area contributed by atoms with E-state index < -0.39 is 0 Å². The number of hydrogen-bond donors (Lipinski definition) is 2. The first-order valence-electron chi connectivity index (χ1n) is 13.3. The Morgan fingerprint density at radius 2 is 2.00 bits per heavy atom. The number of piperidine rings is 1. The molecule has 9 heteroatoms. The highest BCUT2D eigenvalue weighted by atomic mass is 32.2. The number of nitrogens with two attached hydrogens (primary N) is 1. The molecule has 2 heterocycles. The maximum absolute atomic E-state index is 12.8. The van der Waals surface area contributed by atoms with Gasteiger partial charge in [0, 0.05) is 29.4 Å². The van der Waals surface area contributed by atoms with E-state index in [2.05, 4.69) is 59.8 Å². The number of rotatable bonds is 12. The third-order valence-corrected chi connectivity index (χ3v) is 7.85. The molecule has 0 unspecified atom stereocenters. The van der Waals surface area contributed by atoms with Crippen molar-refractivity contribution in [2.45, 2.75) is 26.7 Å². The zero-order valence-corrected chi connectivity index (χ0v) is 24.3. The van der Waals surface area contributed by atoms with Gasteiger partial charge in [0.1, 0.15) is 17.3 Å². The second-order valence-corrected chi connectivity index (χ2v) is 11.3. The van der Waals surface area contributed by atoms with Crippen LogP contribution in [0.5, 0.6) is 5.88 Å². The third kappa shape index (κ3) is 8.85. The molecular formula is C30H40N6O2S. The average Bonchev–Trinajstić information content (AvgIpc) is 2.92. The number of nitrogens with zero attached hydrogens (tertiary/aromatic N) is 4. The highest BCUT2D eigenvalue weighted by Crippen LogP contribution is 2.35. The summed E-state index contributed by atoms with van der Waals surface area (Å²) in [4.78, 5) is 24.1. The first kappa shape index (κ1) is 30.2. The van der Waals surface area contributed by atoms with Gasteiger partial charge in [0.15, 0.2) is 0 Å². The van der Waals surface area contributed by atoms with Crippen LogP contribution in [0.4, 0.5) is 5.69 Å². The van der Waals surface area contributed by atoms with Crippen LogP contribution in [0.3, 0.4) is 0 Å². The van der Waals surface area contributed by atoms with Crippen molar-refractivity contribution in [1.82, 2.24) is 20.1 Å². The summed E-state index contributed by atoms with van der Waals surface area (Å²) in [7, 11) is 4.19. The van der Waals surface area contributed by atoms with Gasteiger partial charge < -0.3 is 20.7 Å². The predicted molar refractivity (Wildman–Crippen MR) is 160 cm³/mol. The number of nitrogen functional groups attached to an aromatic ring is 1. The van der Waals surface area contributed by atoms with Crippen molar-refractivity contribution in [3.63, 3.8) is 0 Å². The van der Waals surface area contributed by atoms with E-state index in [0.29, 0.717) is 19.1 Å². The van der Waals surface area contributed by atoms with E-state index in [1.54, 1.807) is 18.7 Å². The van der Waals surface area contributed by atoms with Crippen molar-refractivity contribution in [3.8, 4) is 11.9 Å². The number of ether oxygens (including phenoxy) is 1. The van der Waals surface area contributed by atoms with Gasteiger partial charge in [-0.25, -0.2) is 4.98 Å². The standard InChI is InChI=1S/C30H40N6O2S/c1-6-38-30-25(17-31)26(32)16-27(34-30)29(37)33-18-23-12-14-36(15-13-23)20-28(21(2)19-35(4)5)39-22(3)24-10-8-7-9-11-24/h7-11,16,23H,3,6,12-15,18-20H2,1-2,4-5H3,(H2,32,34)(H,33,37)/b28-21+. The van der Waals surface area contributed by atoms with Crippen molar-refractivity contribution < 1.29 is 9.53 Å². The number of carbonyl (C=O) groups is 1. The van der Waals surface area contributed by atoms with E-state index in [1.165, 1.54) is 16.5 Å². The number of anilines is 1. The molecule has 3 rings (SSSR count). The van der Waals surface area contributed by atoms with Crippen LogP contribution in [-0.4, -0.2) is 74.1 Å². The van der Waals surface area contributed by atoms with Crippen LogP contribution in [0.2, 0.25) is 0 Å². The van der Waals surface area contributed by atoms with Gasteiger partial charge in [0.25, 0.3) is 5.91 Å². The Hall–Kier alpha value is -3.32. The molecule has 208 valence electrons. The summed E-state index contributed by atoms with van der Waals surface area (Å²) in [5.41, 5.74) is 8.98. The van der Waals surface area contributed by atoms with E-state index in [-0.39, 0.29) is 28.7 Å². The Labute approximate surface area is 236 Å². The molecular weight excluding hydrogens is 508 g/mol. The molecule has 2 aromatic rings. The number of likely N-dealkylation sites (tertiary alicyclic amines) is 1. The monoisotopic (exact) mass is 548 g/mol. The van der Waals surface area contributed by atoms with Gasteiger partial charge >= 0.3 is 0 Å². The van der Waals surface area contributed by atoms with Crippen LogP contribution in [0.25, 0.3) is 4.91 Å². The fraction of sp³-hybridized carbons (Fsp3) is 0.433. The molecule has 0 bridgehead atoms. The maximum Gasteiger partial charge on any atom is 0.270 e. The number of aromatic nitrogens is 1. The molecule has 8 nitrogen and oxygen atoms in total. The number of amides is 1. The van der Waals surface area contributed by atoms with Crippen molar-refractivity contribution in [2.24, 2.45) is 5.92 Å². The minimum absolute atomic E-state index is 0.0969. The van der Waals surface area contributed by atoms with Crippen LogP contribution in [0.15, 0.2) is 53.5 Å². The van der Waals surface area contributed by atoms with Crippen LogP contribution in [-0.2, 0) is 0 Å². The number of likely N-dealkylation sites (N-methyl/N-ethyl adjacent to an activating group) is 1. The lowest BCUT2D eigenvalue weighted by Gasteiger charge is -2.33. The molecule has 1 aromatic carbocycles. The van der Waals surface area contributed by atoms with Crippen molar-refractivity contribution in [3.05, 3.63) is 70.3 Å². The van der Waals surface area contributed by atoms with E-state index in [4.69, 9.17) is 10.5 Å². The first-order valence-corrected chi connectivity index (χ1v) is 14.1. The Morgan fingerprint density at radius 3 is 2.62 bits per heavy atom. The van der Waals surface area contributed by atoms with Crippen molar-refractivity contribution in [1.29, 1.82) is 5.26 Å². The number of hydrogen-bond acceptors (Lipinski definition) is 8. The smallest absolute Gasteiger partial charge is 0.270 e. The van der Waals surface area contributed by atoms with E-state index in [1.807, 2.05) is 24.3 Å². The molecule has 39 heavy (non-hydrogen) atoms. The SMILES string of the molecule is C=C(S/C(CN1CCC(CNC(=O)c2cc(N)c(C#N)c(OCC)n2)CC1)=C(\C)CN(C)C)c1ccccc1. The molecule has 1 aromatic heterocycles. The van der Waals surface area contributed by atoms with Crippen molar-refractivity contribution in [2.75, 3.05) is 59.2 Å². The summed E-state index contributed by atoms with van der Waals surface area (Å²) in [6.07, 6.45) is 2.00. The van der Waals surface area contributed by atoms with Crippen LogP contribution in [0, 0.1) is 17.2 Å². The number of thioether (sulfide) groups is 1. The molecule has 3 N–H and O–H groups in total. The second-order valence-electron chi connectivity index (χ2n) is 10.1. The summed E-state index contributed by atoms with van der Waals surface area (Å²) in [6, 6.07) is 13.8. The van der Waals surface area contributed by atoms with Gasteiger partial charge in [-0.2, -0.15) is 5.26 Å². The number of benzene rings is 1. The number of nitriles is 1. The van der Waals surface area contributed by atoms with Gasteiger partial charge in [0.2, 0.25) is 5.88 Å². The number of pyridine rings is 1. The van der Waals surface area contributed by atoms with Crippen LogP contribution < -0.4 is 15.8 Å². The van der Waals surface area contributed by atoms with Gasteiger partial charge in [0.05, 0.1) is 12.3 Å². The van der Waals surface area contributed by atoms with Gasteiger partial charge in [-0.05, 0) is 77.0 Å². The minimum Gasteiger partial charge on any atom is -0.477 e. The summed E-state index contributed by atoms with van der Waals surface area (Å²) >= 11 is 1.77. The topological polar surface area (TPSA) is 108 Å². The van der Waals surface area contributed by atoms with Gasteiger partial charge in [-0.15, -0.1) is 0 Å². The molecule has 0 aliphatic carbocycles. The molecule has 1 saturated heterocycles. The molecule has 1 fully saturated rings. The molecule has 1 aliphatic heterocycles. The Balaban J connectivity index is 1.56. The summed E-state index contributed by atoms with van der Waals surface area (Å²) in [6.45, 7) is 13.0. The Kier molecular flexibility index (Phi) is 11.4. The van der Waals surface area contributed by atoms with Crippen LogP contribution in [0.1, 0.15) is 48.3 Å². The lowest BCUT2D eigenvalue weighted by Crippen LogP contribution is -2.39. The predicted octanol–water partition coefficient (Wildman–Crippen LogP) is 4.62. The molecule has 0 spiro atoms. The molecule has 0 saturated carbocycles. The number of carbonyl (C=O) groups excluding carboxylic acids is 1. The first-order chi connectivity index (χ1) is 18.7. The highest BCUT2D eigenvalue weighted by molar-refractivity contribution is 8.11. The molecule has 1 aliphatic rings. The normalized spacial score (nSPS) is 15.0. The quantitative estimate of drug-likeness (QED) is 0.396. The summed E-state index contributed by atoms with van der Waals surface area (Å²) in [5.74, 6) is 0.171. The summed E-state index contributed by atoms with van der Waals surface area (Å²) in [5, 5.41) is 12.3. The van der Waals surface area contributed by atoms with E-state index in [0.717, 1.165) is 49.5 Å². The molecule has 1 amide bonds. The molecule has 0 atom stereocenters. The third-order valence-electron chi connectivity index (χ3n) is 6.64. The largest absolute Gasteiger partial charge is 0.477 e. The maximum atomic E-state index is 12.8. The van der Waals surface area contributed by atoms with Gasteiger partial charge in [-0.3, -0.25) is 9.69 Å². The Morgan fingerprint density at radius 1 is 1.31 bits per heavy atom. The second kappa shape index (κ2) is 14.7. The lowest BCUT2D eigenvalue weighted by molar-refractivity contribution is 0.0931. The highest BCUT2D eigenvalue weighted by Gasteiger charge is 2.23. The zero-order valence-electron chi connectivity index (χ0n) is 23.5. The fourth-order valence-electron chi connectivity index (χ4n) is 4.54. The minimum atomic E-state index is -0.310. The molecule has 0 radical (unpaired) electrons. The van der Waals surface area contributed by atoms with Crippen molar-refractivity contribution >= 4 is 28.3 Å². The van der Waals surface area contributed by atoms with Gasteiger partial charge in [-0.1, -0.05) is 48.7 Å². The van der Waals surface area contributed by atoms with E-state index in [9.17, 15) is 10.1 Å². The lowest BCUT2D eigenvalue weighted by atomic mass is 9.96. The fourth-order valence-corrected chi connectivity index (χ4v) is 5.58.